The van der Waals surface area contributed by atoms with Crippen LogP contribution in [0, 0.1) is 6.92 Å². The molecule has 0 aliphatic rings. The molecule has 3 N–H and O–H groups in total. The van der Waals surface area contributed by atoms with Crippen molar-refractivity contribution in [2.45, 2.75) is 6.92 Å². The lowest BCUT2D eigenvalue weighted by molar-refractivity contribution is 0.0697. The maximum atomic E-state index is 11.0. The van der Waals surface area contributed by atoms with Gasteiger partial charge in [0.15, 0.2) is 0 Å². The number of anilines is 3. The standard InChI is InChI=1S/C15H16N2O2/c1-10-3-6-12(7-4-10)17(2)14-9-11(15(18)19)5-8-13(14)16/h3-9H,16H2,1-2H3,(H,18,19). The van der Waals surface area contributed by atoms with E-state index in [0.717, 1.165) is 5.69 Å². The summed E-state index contributed by atoms with van der Waals surface area (Å²) in [4.78, 5) is 12.9. The van der Waals surface area contributed by atoms with Crippen LogP contribution in [0.1, 0.15) is 15.9 Å². The molecule has 0 heterocycles. The number of nitrogen functional groups attached to an aromatic ring is 1. The third-order valence-electron chi connectivity index (χ3n) is 3.06. The summed E-state index contributed by atoms with van der Waals surface area (Å²) in [5, 5.41) is 9.03. The zero-order valence-electron chi connectivity index (χ0n) is 10.9. The van der Waals surface area contributed by atoms with Gasteiger partial charge in [-0.3, -0.25) is 0 Å². The van der Waals surface area contributed by atoms with Crippen molar-refractivity contribution < 1.29 is 9.90 Å². The highest BCUT2D eigenvalue weighted by Crippen LogP contribution is 2.30. The van der Waals surface area contributed by atoms with Crippen molar-refractivity contribution in [1.82, 2.24) is 0 Å². The summed E-state index contributed by atoms with van der Waals surface area (Å²) in [5.74, 6) is -0.960. The van der Waals surface area contributed by atoms with Gasteiger partial charge in [-0.2, -0.15) is 0 Å². The highest BCUT2D eigenvalue weighted by atomic mass is 16.4. The van der Waals surface area contributed by atoms with Crippen molar-refractivity contribution >= 4 is 23.0 Å². The van der Waals surface area contributed by atoms with Gasteiger partial charge in [0, 0.05) is 12.7 Å². The molecule has 0 saturated heterocycles. The summed E-state index contributed by atoms with van der Waals surface area (Å²) in [6.07, 6.45) is 0. The van der Waals surface area contributed by atoms with Crippen molar-refractivity contribution in [1.29, 1.82) is 0 Å². The van der Waals surface area contributed by atoms with Gasteiger partial charge in [0.05, 0.1) is 16.9 Å². The number of carboxylic acid groups (broad SMARTS) is 1. The minimum absolute atomic E-state index is 0.225. The number of aryl methyl sites for hydroxylation is 1. The van der Waals surface area contributed by atoms with E-state index in [4.69, 9.17) is 10.8 Å². The molecule has 0 aliphatic carbocycles. The Labute approximate surface area is 112 Å². The van der Waals surface area contributed by atoms with Gasteiger partial charge in [-0.25, -0.2) is 4.79 Å². The van der Waals surface area contributed by atoms with Crippen LogP contribution in [0.4, 0.5) is 17.1 Å². The monoisotopic (exact) mass is 256 g/mol. The van der Waals surface area contributed by atoms with Gasteiger partial charge in [0.1, 0.15) is 0 Å². The van der Waals surface area contributed by atoms with Crippen LogP contribution in [0.25, 0.3) is 0 Å². The zero-order chi connectivity index (χ0) is 14.0. The zero-order valence-corrected chi connectivity index (χ0v) is 10.9. The number of hydrogen-bond acceptors (Lipinski definition) is 3. The molecule has 0 unspecified atom stereocenters. The Morgan fingerprint density at radius 3 is 2.37 bits per heavy atom. The second-order valence-corrected chi connectivity index (χ2v) is 4.47. The maximum absolute atomic E-state index is 11.0. The highest BCUT2D eigenvalue weighted by molar-refractivity contribution is 5.91. The van der Waals surface area contributed by atoms with E-state index in [1.165, 1.54) is 11.6 Å². The van der Waals surface area contributed by atoms with Gasteiger partial charge < -0.3 is 15.7 Å². The smallest absolute Gasteiger partial charge is 0.335 e. The van der Waals surface area contributed by atoms with E-state index in [1.54, 1.807) is 12.1 Å². The molecule has 4 heteroatoms. The molecule has 19 heavy (non-hydrogen) atoms. The van der Waals surface area contributed by atoms with Crippen LogP contribution in [0.3, 0.4) is 0 Å². The Morgan fingerprint density at radius 2 is 1.79 bits per heavy atom. The number of rotatable bonds is 3. The number of hydrogen-bond donors (Lipinski definition) is 2. The first-order valence-corrected chi connectivity index (χ1v) is 5.92. The Hall–Kier alpha value is -2.49. The van der Waals surface area contributed by atoms with Crippen molar-refractivity contribution in [2.24, 2.45) is 0 Å². The molecule has 0 saturated carbocycles. The van der Waals surface area contributed by atoms with Gasteiger partial charge in [-0.1, -0.05) is 17.7 Å². The van der Waals surface area contributed by atoms with Gasteiger partial charge in [0.2, 0.25) is 0 Å². The molecule has 2 aromatic rings. The van der Waals surface area contributed by atoms with Crippen LogP contribution in [-0.2, 0) is 0 Å². The van der Waals surface area contributed by atoms with Crippen LogP contribution in [0.2, 0.25) is 0 Å². The molecule has 98 valence electrons. The first-order valence-electron chi connectivity index (χ1n) is 5.92. The van der Waals surface area contributed by atoms with E-state index in [2.05, 4.69) is 0 Å². The molecule has 4 nitrogen and oxygen atoms in total. The second kappa shape index (κ2) is 5.02. The molecular formula is C15H16N2O2. The van der Waals surface area contributed by atoms with Crippen LogP contribution in [0.5, 0.6) is 0 Å². The van der Waals surface area contributed by atoms with E-state index in [0.29, 0.717) is 11.4 Å². The fourth-order valence-corrected chi connectivity index (χ4v) is 1.87. The summed E-state index contributed by atoms with van der Waals surface area (Å²) in [6.45, 7) is 2.02. The minimum Gasteiger partial charge on any atom is -0.478 e. The summed E-state index contributed by atoms with van der Waals surface area (Å²) in [6, 6.07) is 12.7. The Kier molecular flexibility index (Phi) is 3.42. The average Bonchev–Trinajstić information content (AvgIpc) is 2.39. The fraction of sp³-hybridized carbons (Fsp3) is 0.133. The predicted octanol–water partition coefficient (Wildman–Crippen LogP) is 3.04. The fourth-order valence-electron chi connectivity index (χ4n) is 1.87. The third-order valence-corrected chi connectivity index (χ3v) is 3.06. The van der Waals surface area contributed by atoms with Crippen molar-refractivity contribution in [3.8, 4) is 0 Å². The lowest BCUT2D eigenvalue weighted by atomic mass is 10.1. The molecule has 0 fully saturated rings. The highest BCUT2D eigenvalue weighted by Gasteiger charge is 2.11. The Morgan fingerprint density at radius 1 is 1.16 bits per heavy atom. The van der Waals surface area contributed by atoms with Gasteiger partial charge >= 0.3 is 5.97 Å². The molecule has 0 aromatic heterocycles. The lowest BCUT2D eigenvalue weighted by Gasteiger charge is -2.21. The van der Waals surface area contributed by atoms with E-state index in [-0.39, 0.29) is 5.56 Å². The number of aromatic carboxylic acids is 1. The maximum Gasteiger partial charge on any atom is 0.335 e. The van der Waals surface area contributed by atoms with Gasteiger partial charge in [0.25, 0.3) is 0 Å². The number of nitrogens with zero attached hydrogens (tertiary/aromatic N) is 1. The lowest BCUT2D eigenvalue weighted by Crippen LogP contribution is -2.12. The van der Waals surface area contributed by atoms with Crippen LogP contribution >= 0.6 is 0 Å². The van der Waals surface area contributed by atoms with Crippen LogP contribution < -0.4 is 10.6 Å². The largest absolute Gasteiger partial charge is 0.478 e. The SMILES string of the molecule is Cc1ccc(N(C)c2cc(C(=O)O)ccc2N)cc1. The van der Waals surface area contributed by atoms with Crippen molar-refractivity contribution in [3.63, 3.8) is 0 Å². The number of carboxylic acids is 1. The Balaban J connectivity index is 2.42. The molecule has 0 atom stereocenters. The average molecular weight is 256 g/mol. The molecule has 0 spiro atoms. The number of benzene rings is 2. The van der Waals surface area contributed by atoms with Crippen LogP contribution in [-0.4, -0.2) is 18.1 Å². The first-order chi connectivity index (χ1) is 8.99. The van der Waals surface area contributed by atoms with E-state index in [1.807, 2.05) is 43.1 Å². The Bertz CT molecular complexity index is 606. The predicted molar refractivity (Wildman–Crippen MR) is 77.1 cm³/mol. The molecule has 0 amide bonds. The molecular weight excluding hydrogens is 240 g/mol. The van der Waals surface area contributed by atoms with Crippen molar-refractivity contribution in [3.05, 3.63) is 53.6 Å². The topological polar surface area (TPSA) is 66.6 Å². The molecule has 2 aromatic carbocycles. The van der Waals surface area contributed by atoms with Crippen molar-refractivity contribution in [2.75, 3.05) is 17.7 Å². The van der Waals surface area contributed by atoms with Gasteiger partial charge in [-0.05, 0) is 37.3 Å². The summed E-state index contributed by atoms with van der Waals surface area (Å²) in [5.41, 5.74) is 9.51. The molecule has 0 bridgehead atoms. The van der Waals surface area contributed by atoms with E-state index >= 15 is 0 Å². The van der Waals surface area contributed by atoms with E-state index in [9.17, 15) is 4.79 Å². The number of carbonyl (C=O) groups is 1. The molecule has 2 rings (SSSR count). The quantitative estimate of drug-likeness (QED) is 0.828. The summed E-state index contributed by atoms with van der Waals surface area (Å²) < 4.78 is 0. The van der Waals surface area contributed by atoms with Gasteiger partial charge in [-0.15, -0.1) is 0 Å². The first kappa shape index (κ1) is 13.0. The minimum atomic E-state index is -0.960. The third kappa shape index (κ3) is 2.68. The van der Waals surface area contributed by atoms with Crippen LogP contribution in [0.15, 0.2) is 42.5 Å². The summed E-state index contributed by atoms with van der Waals surface area (Å²) >= 11 is 0. The normalized spacial score (nSPS) is 10.2. The van der Waals surface area contributed by atoms with E-state index < -0.39 is 5.97 Å². The second-order valence-electron chi connectivity index (χ2n) is 4.47. The number of nitrogens with two attached hydrogens (primary N) is 1. The molecule has 0 aliphatic heterocycles. The summed E-state index contributed by atoms with van der Waals surface area (Å²) in [7, 11) is 1.86. The molecule has 0 radical (unpaired) electrons.